The molecule has 0 bridgehead atoms. The van der Waals surface area contributed by atoms with Gasteiger partial charge in [-0.3, -0.25) is 0 Å². The molecule has 0 spiro atoms. The van der Waals surface area contributed by atoms with Gasteiger partial charge in [-0.2, -0.15) is 0 Å². The zero-order chi connectivity index (χ0) is 11.5. The lowest BCUT2D eigenvalue weighted by atomic mass is 9.78. The summed E-state index contributed by atoms with van der Waals surface area (Å²) in [6.07, 6.45) is 6.03. The Labute approximate surface area is 110 Å². The smallest absolute Gasteiger partial charge is 0.0910 e. The molecule has 2 rings (SSSR count). The van der Waals surface area contributed by atoms with Crippen molar-refractivity contribution >= 4 is 27.3 Å². The Bertz CT molecular complexity index is 328. The van der Waals surface area contributed by atoms with Gasteiger partial charge in [0.15, 0.2) is 0 Å². The Kier molecular flexibility index (Phi) is 4.45. The van der Waals surface area contributed by atoms with Crippen molar-refractivity contribution in [3.63, 3.8) is 0 Å². The van der Waals surface area contributed by atoms with Crippen LogP contribution in [-0.2, 0) is 0 Å². The Morgan fingerprint density at radius 1 is 1.44 bits per heavy atom. The molecule has 0 radical (unpaired) electrons. The third-order valence-electron chi connectivity index (χ3n) is 3.79. The molecule has 0 aliphatic heterocycles. The Balaban J connectivity index is 1.93. The third kappa shape index (κ3) is 2.88. The van der Waals surface area contributed by atoms with E-state index in [-0.39, 0.29) is 6.10 Å². The first-order chi connectivity index (χ1) is 7.70. The molecule has 1 heterocycles. The van der Waals surface area contributed by atoms with Gasteiger partial charge in [0.05, 0.1) is 6.10 Å². The molecule has 90 valence electrons. The highest BCUT2D eigenvalue weighted by molar-refractivity contribution is 9.10. The molecule has 16 heavy (non-hydrogen) atoms. The average Bonchev–Trinajstić information content (AvgIpc) is 2.75. The van der Waals surface area contributed by atoms with Gasteiger partial charge in [0.2, 0.25) is 0 Å². The van der Waals surface area contributed by atoms with Gasteiger partial charge in [-0.25, -0.2) is 0 Å². The van der Waals surface area contributed by atoms with E-state index in [9.17, 15) is 5.11 Å². The number of hydrogen-bond acceptors (Lipinski definition) is 2. The fraction of sp³-hybridized carbons (Fsp3) is 0.692. The van der Waals surface area contributed by atoms with E-state index in [4.69, 9.17) is 0 Å². The monoisotopic (exact) mass is 302 g/mol. The fourth-order valence-corrected chi connectivity index (χ4v) is 4.15. The van der Waals surface area contributed by atoms with Gasteiger partial charge in [-0.05, 0) is 46.7 Å². The summed E-state index contributed by atoms with van der Waals surface area (Å²) in [5.74, 6) is 1.38. The molecule has 1 aromatic heterocycles. The minimum absolute atomic E-state index is 0.242. The van der Waals surface area contributed by atoms with Crippen molar-refractivity contribution in [1.82, 2.24) is 0 Å². The summed E-state index contributed by atoms with van der Waals surface area (Å²) < 4.78 is 1.09. The molecule has 1 fully saturated rings. The van der Waals surface area contributed by atoms with E-state index in [1.54, 1.807) is 11.3 Å². The van der Waals surface area contributed by atoms with E-state index in [1.165, 1.54) is 32.1 Å². The van der Waals surface area contributed by atoms with Gasteiger partial charge in [-0.15, -0.1) is 11.3 Å². The maximum absolute atomic E-state index is 10.3. The molecular weight excluding hydrogens is 284 g/mol. The van der Waals surface area contributed by atoms with Gasteiger partial charge in [-0.1, -0.05) is 26.2 Å². The predicted molar refractivity (Wildman–Crippen MR) is 72.7 cm³/mol. The lowest BCUT2D eigenvalue weighted by Crippen LogP contribution is -2.19. The van der Waals surface area contributed by atoms with Gasteiger partial charge < -0.3 is 5.11 Å². The van der Waals surface area contributed by atoms with Crippen LogP contribution in [0, 0.1) is 11.8 Å². The van der Waals surface area contributed by atoms with Crippen LogP contribution in [0.1, 0.15) is 50.0 Å². The fourth-order valence-electron chi connectivity index (χ4n) is 2.63. The zero-order valence-electron chi connectivity index (χ0n) is 9.66. The second-order valence-electron chi connectivity index (χ2n) is 4.80. The average molecular weight is 303 g/mol. The highest BCUT2D eigenvalue weighted by Gasteiger charge is 2.27. The molecule has 1 unspecified atom stereocenters. The number of rotatable bonds is 3. The van der Waals surface area contributed by atoms with E-state index in [2.05, 4.69) is 34.3 Å². The van der Waals surface area contributed by atoms with Crippen LogP contribution in [0.4, 0.5) is 0 Å². The number of aliphatic hydroxyl groups is 1. The highest BCUT2D eigenvalue weighted by atomic mass is 79.9. The standard InChI is InChI=1S/C13H19BrOS/c1-2-9-3-5-10(6-4-9)13(15)12-7-11(14)8-16-12/h7-10,13,15H,2-6H2,1H3. The highest BCUT2D eigenvalue weighted by Crippen LogP contribution is 2.39. The molecule has 0 aromatic carbocycles. The van der Waals surface area contributed by atoms with Crippen molar-refractivity contribution in [2.45, 2.75) is 45.1 Å². The van der Waals surface area contributed by atoms with Crippen molar-refractivity contribution in [1.29, 1.82) is 0 Å². The molecule has 0 saturated heterocycles. The Morgan fingerprint density at radius 3 is 2.62 bits per heavy atom. The largest absolute Gasteiger partial charge is 0.387 e. The topological polar surface area (TPSA) is 20.2 Å². The number of thiophene rings is 1. The minimum atomic E-state index is -0.242. The predicted octanol–water partition coefficient (Wildman–Crippen LogP) is 4.76. The van der Waals surface area contributed by atoms with Crippen LogP contribution in [0.3, 0.4) is 0 Å². The van der Waals surface area contributed by atoms with Crippen LogP contribution >= 0.6 is 27.3 Å². The first kappa shape index (κ1) is 12.6. The maximum atomic E-state index is 10.3. The first-order valence-corrected chi connectivity index (χ1v) is 7.80. The summed E-state index contributed by atoms with van der Waals surface area (Å²) >= 11 is 5.11. The summed E-state index contributed by atoms with van der Waals surface area (Å²) in [6, 6.07) is 2.06. The van der Waals surface area contributed by atoms with E-state index in [0.717, 1.165) is 15.3 Å². The van der Waals surface area contributed by atoms with E-state index in [1.807, 2.05) is 0 Å². The number of aliphatic hydroxyl groups excluding tert-OH is 1. The van der Waals surface area contributed by atoms with Gasteiger partial charge in [0, 0.05) is 14.7 Å². The van der Waals surface area contributed by atoms with E-state index < -0.39 is 0 Å². The zero-order valence-corrected chi connectivity index (χ0v) is 12.1. The van der Waals surface area contributed by atoms with Gasteiger partial charge in [0.25, 0.3) is 0 Å². The second kappa shape index (κ2) is 5.65. The number of hydrogen-bond donors (Lipinski definition) is 1. The summed E-state index contributed by atoms with van der Waals surface area (Å²) in [6.45, 7) is 2.28. The summed E-state index contributed by atoms with van der Waals surface area (Å²) in [5.41, 5.74) is 0. The molecule has 1 atom stereocenters. The van der Waals surface area contributed by atoms with Crippen LogP contribution in [-0.4, -0.2) is 5.11 Å². The Hall–Kier alpha value is 0.140. The summed E-state index contributed by atoms with van der Waals surface area (Å²) in [7, 11) is 0. The maximum Gasteiger partial charge on any atom is 0.0910 e. The molecule has 1 N–H and O–H groups in total. The quantitative estimate of drug-likeness (QED) is 0.853. The second-order valence-corrected chi connectivity index (χ2v) is 6.66. The van der Waals surface area contributed by atoms with Crippen LogP contribution in [0.25, 0.3) is 0 Å². The third-order valence-corrected chi connectivity index (χ3v) is 5.56. The van der Waals surface area contributed by atoms with Crippen LogP contribution < -0.4 is 0 Å². The van der Waals surface area contributed by atoms with E-state index in [0.29, 0.717) is 5.92 Å². The van der Waals surface area contributed by atoms with Crippen molar-refractivity contribution < 1.29 is 5.11 Å². The minimum Gasteiger partial charge on any atom is -0.387 e. The lowest BCUT2D eigenvalue weighted by molar-refractivity contribution is 0.0757. The van der Waals surface area contributed by atoms with Crippen molar-refractivity contribution in [2.24, 2.45) is 11.8 Å². The lowest BCUT2D eigenvalue weighted by Gasteiger charge is -2.30. The first-order valence-electron chi connectivity index (χ1n) is 6.12. The summed E-state index contributed by atoms with van der Waals surface area (Å²) in [4.78, 5) is 1.12. The van der Waals surface area contributed by atoms with E-state index >= 15 is 0 Å². The molecule has 1 aliphatic rings. The van der Waals surface area contributed by atoms with Crippen molar-refractivity contribution in [3.8, 4) is 0 Å². The molecule has 1 saturated carbocycles. The molecule has 0 amide bonds. The molecular formula is C13H19BrOS. The Morgan fingerprint density at radius 2 is 2.12 bits per heavy atom. The van der Waals surface area contributed by atoms with Crippen LogP contribution in [0.15, 0.2) is 15.9 Å². The number of halogens is 1. The van der Waals surface area contributed by atoms with Gasteiger partial charge in [0.1, 0.15) is 0 Å². The normalized spacial score (nSPS) is 27.9. The van der Waals surface area contributed by atoms with Crippen LogP contribution in [0.5, 0.6) is 0 Å². The molecule has 3 heteroatoms. The van der Waals surface area contributed by atoms with Gasteiger partial charge >= 0.3 is 0 Å². The van der Waals surface area contributed by atoms with Crippen molar-refractivity contribution in [2.75, 3.05) is 0 Å². The molecule has 1 aliphatic carbocycles. The molecule has 1 aromatic rings. The van der Waals surface area contributed by atoms with Crippen LogP contribution in [0.2, 0.25) is 0 Å². The van der Waals surface area contributed by atoms with Crippen molar-refractivity contribution in [3.05, 3.63) is 20.8 Å². The summed E-state index contributed by atoms with van der Waals surface area (Å²) in [5, 5.41) is 12.4. The molecule has 1 nitrogen and oxygen atoms in total. The SMILES string of the molecule is CCC1CCC(C(O)c2cc(Br)cs2)CC1.